The highest BCUT2D eigenvalue weighted by molar-refractivity contribution is 5.95. The summed E-state index contributed by atoms with van der Waals surface area (Å²) in [5, 5.41) is 0. The third kappa shape index (κ3) is 6.41. The van der Waals surface area contributed by atoms with Crippen molar-refractivity contribution in [2.75, 3.05) is 31.1 Å². The molecule has 0 bridgehead atoms. The van der Waals surface area contributed by atoms with E-state index in [1.807, 2.05) is 56.0 Å². The lowest BCUT2D eigenvalue weighted by molar-refractivity contribution is 0.0240. The van der Waals surface area contributed by atoms with Crippen LogP contribution in [-0.2, 0) is 4.74 Å². The maximum atomic E-state index is 12.3. The Labute approximate surface area is 209 Å². The van der Waals surface area contributed by atoms with Crippen molar-refractivity contribution in [2.24, 2.45) is 5.73 Å². The van der Waals surface area contributed by atoms with Crippen LogP contribution in [0.4, 0.5) is 10.7 Å². The molecule has 3 aromatic rings. The lowest BCUT2D eigenvalue weighted by atomic mass is 10.2. The van der Waals surface area contributed by atoms with Crippen molar-refractivity contribution in [2.45, 2.75) is 26.4 Å². The van der Waals surface area contributed by atoms with Crippen molar-refractivity contribution in [3.05, 3.63) is 66.4 Å². The molecule has 1 aliphatic heterocycles. The van der Waals surface area contributed by atoms with E-state index in [9.17, 15) is 9.59 Å². The summed E-state index contributed by atoms with van der Waals surface area (Å²) in [5.41, 5.74) is 5.03. The van der Waals surface area contributed by atoms with Gasteiger partial charge in [0.15, 0.2) is 0 Å². The molecule has 1 saturated heterocycles. The molecule has 2 heterocycles. The first kappa shape index (κ1) is 24.8. The van der Waals surface area contributed by atoms with E-state index in [1.54, 1.807) is 29.2 Å². The highest BCUT2D eigenvalue weighted by atomic mass is 16.6. The molecule has 0 unspecified atom stereocenters. The fraction of sp³-hybridized carbons (Fsp3) is 0.308. The highest BCUT2D eigenvalue weighted by Crippen LogP contribution is 2.28. The number of aromatic nitrogens is 2. The maximum Gasteiger partial charge on any atom is 0.410 e. The number of anilines is 1. The number of carbonyl (C=O) groups is 2. The number of para-hydroxylation sites is 1. The van der Waals surface area contributed by atoms with Gasteiger partial charge in [0.05, 0.1) is 0 Å². The number of carbonyl (C=O) groups excluding carboxylic acids is 2. The van der Waals surface area contributed by atoms with Gasteiger partial charge < -0.3 is 29.7 Å². The molecule has 0 radical (unpaired) electrons. The normalized spacial score (nSPS) is 13.8. The van der Waals surface area contributed by atoms with Crippen molar-refractivity contribution in [1.82, 2.24) is 14.9 Å². The summed E-state index contributed by atoms with van der Waals surface area (Å²) in [6.45, 7) is 7.41. The number of nitrogens with two attached hydrogens (primary N) is 1. The number of piperazine rings is 1. The van der Waals surface area contributed by atoms with Gasteiger partial charge in [-0.15, -0.1) is 0 Å². The summed E-state index contributed by atoms with van der Waals surface area (Å²) in [7, 11) is 0. The predicted molar refractivity (Wildman–Crippen MR) is 134 cm³/mol. The Balaban J connectivity index is 1.44. The van der Waals surface area contributed by atoms with E-state index in [4.69, 9.17) is 19.9 Å². The Morgan fingerprint density at radius 2 is 1.44 bits per heavy atom. The van der Waals surface area contributed by atoms with Gasteiger partial charge in [-0.2, -0.15) is 4.98 Å². The molecule has 10 nitrogen and oxygen atoms in total. The molecular formula is C26H29N5O5. The average molecular weight is 492 g/mol. The van der Waals surface area contributed by atoms with Gasteiger partial charge in [0.25, 0.3) is 5.91 Å². The van der Waals surface area contributed by atoms with Gasteiger partial charge in [0, 0.05) is 32.4 Å². The SMILES string of the molecule is CC(C)(C)OC(=O)N1CCN(c2ncc(C(N)=O)c(Oc3ccc(Oc4ccccc4)cc3)n2)CC1. The molecule has 4 rings (SSSR count). The van der Waals surface area contributed by atoms with E-state index in [-0.39, 0.29) is 17.5 Å². The van der Waals surface area contributed by atoms with Gasteiger partial charge in [0.2, 0.25) is 11.8 Å². The van der Waals surface area contributed by atoms with Gasteiger partial charge >= 0.3 is 6.09 Å². The zero-order valence-corrected chi connectivity index (χ0v) is 20.5. The van der Waals surface area contributed by atoms with Gasteiger partial charge in [0.1, 0.15) is 28.4 Å². The van der Waals surface area contributed by atoms with E-state index in [0.29, 0.717) is 43.6 Å². The molecule has 0 aliphatic carbocycles. The van der Waals surface area contributed by atoms with Crippen LogP contribution in [0.15, 0.2) is 60.8 Å². The summed E-state index contributed by atoms with van der Waals surface area (Å²) in [4.78, 5) is 36.6. The second kappa shape index (κ2) is 10.5. The van der Waals surface area contributed by atoms with Crippen molar-refractivity contribution < 1.29 is 23.8 Å². The van der Waals surface area contributed by atoms with E-state index in [0.717, 1.165) is 5.75 Å². The highest BCUT2D eigenvalue weighted by Gasteiger charge is 2.27. The lowest BCUT2D eigenvalue weighted by Crippen LogP contribution is -2.50. The minimum atomic E-state index is -0.699. The number of primary amides is 1. The van der Waals surface area contributed by atoms with Crippen LogP contribution in [0, 0.1) is 0 Å². The standard InChI is InChI=1S/C26H29N5O5/c1-26(2,3)36-25(33)31-15-13-30(14-16-31)24-28-17-21(22(27)32)23(29-24)35-20-11-9-19(10-12-20)34-18-7-5-4-6-8-18/h4-12,17H,13-16H2,1-3H3,(H2,27,32). The second-order valence-electron chi connectivity index (χ2n) is 9.20. The summed E-state index contributed by atoms with van der Waals surface area (Å²) in [6.07, 6.45) is 1.00. The molecular weight excluding hydrogens is 462 g/mol. The van der Waals surface area contributed by atoms with Crippen LogP contribution in [-0.4, -0.2) is 58.6 Å². The molecule has 1 aromatic heterocycles. The minimum Gasteiger partial charge on any atom is -0.457 e. The molecule has 1 aliphatic rings. The molecule has 2 amide bonds. The molecule has 188 valence electrons. The number of benzene rings is 2. The van der Waals surface area contributed by atoms with Crippen molar-refractivity contribution in [1.29, 1.82) is 0 Å². The van der Waals surface area contributed by atoms with Gasteiger partial charge in [-0.1, -0.05) is 18.2 Å². The smallest absolute Gasteiger partial charge is 0.410 e. The third-order valence-corrected chi connectivity index (χ3v) is 5.24. The van der Waals surface area contributed by atoms with Crippen LogP contribution in [0.3, 0.4) is 0 Å². The fourth-order valence-electron chi connectivity index (χ4n) is 3.48. The zero-order chi connectivity index (χ0) is 25.7. The van der Waals surface area contributed by atoms with Crippen LogP contribution in [0.1, 0.15) is 31.1 Å². The molecule has 0 saturated carbocycles. The number of ether oxygens (including phenoxy) is 3. The Morgan fingerprint density at radius 1 is 0.861 bits per heavy atom. The molecule has 2 N–H and O–H groups in total. The Hall–Kier alpha value is -4.34. The third-order valence-electron chi connectivity index (χ3n) is 5.24. The number of amides is 2. The van der Waals surface area contributed by atoms with Crippen LogP contribution in [0.5, 0.6) is 23.1 Å². The molecule has 10 heteroatoms. The van der Waals surface area contributed by atoms with E-state index >= 15 is 0 Å². The van der Waals surface area contributed by atoms with Gasteiger partial charge in [-0.05, 0) is 57.2 Å². The van der Waals surface area contributed by atoms with E-state index in [1.165, 1.54) is 6.20 Å². The summed E-state index contributed by atoms with van der Waals surface area (Å²) < 4.78 is 17.1. The fourth-order valence-corrected chi connectivity index (χ4v) is 3.48. The van der Waals surface area contributed by atoms with Gasteiger partial charge in [-0.3, -0.25) is 4.79 Å². The van der Waals surface area contributed by atoms with Crippen LogP contribution in [0.2, 0.25) is 0 Å². The van der Waals surface area contributed by atoms with Crippen LogP contribution in [0.25, 0.3) is 0 Å². The van der Waals surface area contributed by atoms with Gasteiger partial charge in [-0.25, -0.2) is 9.78 Å². The Morgan fingerprint density at radius 3 is 2.03 bits per heavy atom. The molecule has 0 spiro atoms. The largest absolute Gasteiger partial charge is 0.457 e. The summed E-state index contributed by atoms with van der Waals surface area (Å²) in [6, 6.07) is 16.4. The monoisotopic (exact) mass is 491 g/mol. The number of rotatable bonds is 6. The summed E-state index contributed by atoms with van der Waals surface area (Å²) >= 11 is 0. The molecule has 1 fully saturated rings. The second-order valence-corrected chi connectivity index (χ2v) is 9.20. The molecule has 2 aromatic carbocycles. The Kier molecular flexibility index (Phi) is 7.23. The van der Waals surface area contributed by atoms with Crippen LogP contribution < -0.4 is 20.1 Å². The first-order chi connectivity index (χ1) is 17.2. The zero-order valence-electron chi connectivity index (χ0n) is 20.5. The lowest BCUT2D eigenvalue weighted by Gasteiger charge is -2.35. The molecule has 0 atom stereocenters. The molecule has 36 heavy (non-hydrogen) atoms. The van der Waals surface area contributed by atoms with Crippen molar-refractivity contribution in [3.63, 3.8) is 0 Å². The quantitative estimate of drug-likeness (QED) is 0.544. The summed E-state index contributed by atoms with van der Waals surface area (Å²) in [5.74, 6) is 1.54. The van der Waals surface area contributed by atoms with Crippen LogP contribution >= 0.6 is 0 Å². The maximum absolute atomic E-state index is 12.3. The number of hydrogen-bond acceptors (Lipinski definition) is 8. The first-order valence-electron chi connectivity index (χ1n) is 11.6. The average Bonchev–Trinajstić information content (AvgIpc) is 2.85. The predicted octanol–water partition coefficient (Wildman–Crippen LogP) is 4.22. The first-order valence-corrected chi connectivity index (χ1v) is 11.6. The van der Waals surface area contributed by atoms with E-state index in [2.05, 4.69) is 9.97 Å². The minimum absolute atomic E-state index is 0.0544. The number of nitrogens with zero attached hydrogens (tertiary/aromatic N) is 4. The van der Waals surface area contributed by atoms with Crippen molar-refractivity contribution >= 4 is 17.9 Å². The Bertz CT molecular complexity index is 1200. The topological polar surface area (TPSA) is 120 Å². The van der Waals surface area contributed by atoms with Crippen molar-refractivity contribution in [3.8, 4) is 23.1 Å². The van der Waals surface area contributed by atoms with E-state index < -0.39 is 11.5 Å². The number of hydrogen-bond donors (Lipinski definition) is 1.